The third-order valence-corrected chi connectivity index (χ3v) is 9.64. The molecule has 0 heterocycles. The summed E-state index contributed by atoms with van der Waals surface area (Å²) in [5.74, 6) is 1.90. The molecule has 4 aliphatic carbocycles. The first-order valence-electron chi connectivity index (χ1n) is 12.3. The van der Waals surface area contributed by atoms with Gasteiger partial charge in [0.15, 0.2) is 0 Å². The number of aliphatic hydroxyl groups excluding tert-OH is 1. The number of benzene rings is 1. The van der Waals surface area contributed by atoms with Crippen molar-refractivity contribution in [2.45, 2.75) is 71.3 Å². The summed E-state index contributed by atoms with van der Waals surface area (Å²) in [7, 11) is 0. The van der Waals surface area contributed by atoms with Gasteiger partial charge in [0.05, 0.1) is 27.7 Å². The summed E-state index contributed by atoms with van der Waals surface area (Å²) in [6.07, 6.45) is 10.3. The number of anilines is 1. The van der Waals surface area contributed by atoms with Crippen molar-refractivity contribution in [1.82, 2.24) is 0 Å². The van der Waals surface area contributed by atoms with Crippen LogP contribution in [0.2, 0.25) is 0 Å². The minimum atomic E-state index is -0.647. The quantitative estimate of drug-likeness (QED) is 0.437. The minimum absolute atomic E-state index is 0.0728. The van der Waals surface area contributed by atoms with Crippen molar-refractivity contribution in [2.24, 2.45) is 33.7 Å². The van der Waals surface area contributed by atoms with E-state index in [1.165, 1.54) is 17.7 Å². The lowest BCUT2D eigenvalue weighted by atomic mass is 9.47. The van der Waals surface area contributed by atoms with Gasteiger partial charge >= 0.3 is 5.69 Å². The second-order valence-corrected chi connectivity index (χ2v) is 11.1. The zero-order valence-electron chi connectivity index (χ0n) is 19.7. The number of nitro benzene ring substituents is 2. The van der Waals surface area contributed by atoms with Crippen molar-refractivity contribution in [3.8, 4) is 0 Å². The van der Waals surface area contributed by atoms with Crippen LogP contribution in [0.3, 0.4) is 0 Å². The highest BCUT2D eigenvalue weighted by Gasteiger charge is 2.58. The largest absolute Gasteiger partial charge is 0.393 e. The maximum absolute atomic E-state index is 11.4. The fraction of sp³-hybridized carbons (Fsp3) is 0.640. The zero-order valence-corrected chi connectivity index (χ0v) is 19.7. The van der Waals surface area contributed by atoms with Crippen molar-refractivity contribution in [3.63, 3.8) is 0 Å². The Labute approximate surface area is 198 Å². The number of allylic oxidation sites excluding steroid dienone is 2. The normalized spacial score (nSPS) is 37.9. The molecule has 0 saturated heterocycles. The van der Waals surface area contributed by atoms with Crippen LogP contribution in [-0.4, -0.2) is 26.8 Å². The predicted octanol–water partition coefficient (Wildman–Crippen LogP) is 5.59. The number of nitrogens with zero attached hydrogens (tertiary/aromatic N) is 3. The van der Waals surface area contributed by atoms with E-state index in [1.807, 2.05) is 0 Å². The molecular weight excluding hydrogens is 436 g/mol. The summed E-state index contributed by atoms with van der Waals surface area (Å²) in [5.41, 5.74) is 4.72. The third kappa shape index (κ3) is 3.52. The maximum atomic E-state index is 11.4. The van der Waals surface area contributed by atoms with Crippen LogP contribution in [0, 0.1) is 48.8 Å². The average Bonchev–Trinajstić information content (AvgIpc) is 3.11. The smallest absolute Gasteiger partial charge is 0.301 e. The summed E-state index contributed by atoms with van der Waals surface area (Å²) < 4.78 is 0. The van der Waals surface area contributed by atoms with E-state index in [1.54, 1.807) is 0 Å². The Kier molecular flexibility index (Phi) is 5.50. The number of rotatable bonds is 4. The van der Waals surface area contributed by atoms with E-state index in [9.17, 15) is 25.3 Å². The van der Waals surface area contributed by atoms with Gasteiger partial charge in [-0.15, -0.1) is 0 Å². The fourth-order valence-electron chi connectivity index (χ4n) is 7.64. The standard InChI is InChI=1S/C25H32N4O5/c1-24-11-9-16(26-27-21-7-4-17(28(31)32)14-22(21)29(33)34)13-15(24)3-5-18-19-6-8-23(30)25(19,2)12-10-20(18)24/h4,7,13-14,18-20,23,27,30H,3,5-6,8-12H2,1-2H3/b26-16-/t18-,19-,20-,23-,24-,25-/m0/s1. The van der Waals surface area contributed by atoms with Crippen molar-refractivity contribution in [1.29, 1.82) is 0 Å². The molecule has 1 aromatic rings. The third-order valence-electron chi connectivity index (χ3n) is 9.64. The van der Waals surface area contributed by atoms with Crippen LogP contribution >= 0.6 is 0 Å². The maximum Gasteiger partial charge on any atom is 0.301 e. The Bertz CT molecular complexity index is 1100. The van der Waals surface area contributed by atoms with E-state index in [-0.39, 0.29) is 34.0 Å². The molecule has 3 saturated carbocycles. The van der Waals surface area contributed by atoms with Crippen molar-refractivity contribution in [3.05, 3.63) is 50.1 Å². The van der Waals surface area contributed by atoms with Gasteiger partial charge in [-0.1, -0.05) is 19.4 Å². The SMILES string of the molecule is C[C@]12CC[C@H]3[C@@H](CCC4=C/C(=N\Nc5ccc([N+](=O)[O-])cc5[N+](=O)[O-])CC[C@@]43C)[C@@H]1CC[C@@H]2O. The molecule has 2 N–H and O–H groups in total. The van der Waals surface area contributed by atoms with Crippen LogP contribution < -0.4 is 5.43 Å². The van der Waals surface area contributed by atoms with Gasteiger partial charge in [-0.25, -0.2) is 0 Å². The van der Waals surface area contributed by atoms with E-state index in [0.29, 0.717) is 17.8 Å². The highest BCUT2D eigenvalue weighted by atomic mass is 16.6. The van der Waals surface area contributed by atoms with Gasteiger partial charge in [-0.3, -0.25) is 25.7 Å². The Morgan fingerprint density at radius 3 is 2.56 bits per heavy atom. The number of nitro groups is 2. The molecule has 6 atom stereocenters. The molecule has 34 heavy (non-hydrogen) atoms. The number of nitrogens with one attached hydrogen (secondary N) is 1. The van der Waals surface area contributed by atoms with Gasteiger partial charge in [-0.2, -0.15) is 5.10 Å². The van der Waals surface area contributed by atoms with E-state index in [4.69, 9.17) is 0 Å². The van der Waals surface area contributed by atoms with Crippen LogP contribution in [0.1, 0.15) is 65.2 Å². The van der Waals surface area contributed by atoms with E-state index >= 15 is 0 Å². The zero-order chi connectivity index (χ0) is 24.3. The lowest BCUT2D eigenvalue weighted by Crippen LogP contribution is -2.51. The second-order valence-electron chi connectivity index (χ2n) is 11.1. The molecule has 0 aromatic heterocycles. The molecule has 0 radical (unpaired) electrons. The molecule has 182 valence electrons. The fourth-order valence-corrected chi connectivity index (χ4v) is 7.64. The molecule has 0 spiro atoms. The molecule has 1 aromatic carbocycles. The summed E-state index contributed by atoms with van der Waals surface area (Å²) >= 11 is 0. The summed E-state index contributed by atoms with van der Waals surface area (Å²) in [4.78, 5) is 21.1. The second kappa shape index (κ2) is 8.15. The van der Waals surface area contributed by atoms with E-state index < -0.39 is 9.85 Å². The number of non-ortho nitro benzene ring substituents is 1. The average molecular weight is 469 g/mol. The summed E-state index contributed by atoms with van der Waals surface area (Å²) in [5, 5.41) is 37.5. The van der Waals surface area contributed by atoms with Crippen LogP contribution in [-0.2, 0) is 0 Å². The summed E-state index contributed by atoms with van der Waals surface area (Å²) in [6, 6.07) is 3.53. The van der Waals surface area contributed by atoms with Gasteiger partial charge in [-0.05, 0) is 92.1 Å². The number of hydrazone groups is 1. The highest BCUT2D eigenvalue weighted by Crippen LogP contribution is 2.65. The minimum Gasteiger partial charge on any atom is -0.393 e. The van der Waals surface area contributed by atoms with Crippen LogP contribution in [0.4, 0.5) is 17.1 Å². The molecule has 9 nitrogen and oxygen atoms in total. The van der Waals surface area contributed by atoms with Crippen molar-refractivity contribution >= 4 is 22.8 Å². The highest BCUT2D eigenvalue weighted by molar-refractivity contribution is 5.97. The molecule has 0 unspecified atom stereocenters. The van der Waals surface area contributed by atoms with Gasteiger partial charge in [0, 0.05) is 6.07 Å². The molecular formula is C25H32N4O5. The molecule has 0 amide bonds. The predicted molar refractivity (Wildman–Crippen MR) is 129 cm³/mol. The molecule has 3 fully saturated rings. The number of hydrogen-bond acceptors (Lipinski definition) is 7. The number of aliphatic hydroxyl groups is 1. The van der Waals surface area contributed by atoms with Crippen molar-refractivity contribution in [2.75, 3.05) is 5.43 Å². The van der Waals surface area contributed by atoms with Crippen LogP contribution in [0.5, 0.6) is 0 Å². The van der Waals surface area contributed by atoms with Gasteiger partial charge in [0.1, 0.15) is 5.69 Å². The Hall–Kier alpha value is -2.81. The van der Waals surface area contributed by atoms with Crippen LogP contribution in [0.25, 0.3) is 0 Å². The first-order valence-corrected chi connectivity index (χ1v) is 12.3. The van der Waals surface area contributed by atoms with Crippen molar-refractivity contribution < 1.29 is 15.0 Å². The Morgan fingerprint density at radius 2 is 1.82 bits per heavy atom. The first kappa shape index (κ1) is 23.0. The van der Waals surface area contributed by atoms with Gasteiger partial charge < -0.3 is 5.11 Å². The molecule has 0 aliphatic heterocycles. The van der Waals surface area contributed by atoms with E-state index in [2.05, 4.69) is 30.5 Å². The van der Waals surface area contributed by atoms with E-state index in [0.717, 1.165) is 63.1 Å². The first-order chi connectivity index (χ1) is 16.1. The Balaban J connectivity index is 1.36. The monoisotopic (exact) mass is 468 g/mol. The lowest BCUT2D eigenvalue weighted by Gasteiger charge is -2.57. The lowest BCUT2D eigenvalue weighted by molar-refractivity contribution is -0.393. The van der Waals surface area contributed by atoms with Gasteiger partial charge in [0.2, 0.25) is 0 Å². The van der Waals surface area contributed by atoms with Gasteiger partial charge in [0.25, 0.3) is 5.69 Å². The Morgan fingerprint density at radius 1 is 1.03 bits per heavy atom. The molecule has 5 rings (SSSR count). The number of fused-ring (bicyclic) bond motifs is 5. The molecule has 0 bridgehead atoms. The van der Waals surface area contributed by atoms with Crippen LogP contribution in [0.15, 0.2) is 34.9 Å². The molecule has 9 heteroatoms. The topological polar surface area (TPSA) is 131 Å². The summed E-state index contributed by atoms with van der Waals surface area (Å²) in [6.45, 7) is 4.70. The number of hydrogen-bond donors (Lipinski definition) is 2. The molecule has 4 aliphatic rings.